The molecule has 2 N–H and O–H groups in total. The number of thiophene rings is 1. The molecule has 0 spiro atoms. The van der Waals surface area contributed by atoms with Gasteiger partial charge in [-0.25, -0.2) is 8.42 Å². The molecule has 5 rings (SSSR count). The molecule has 1 fully saturated rings. The molecule has 12 heteroatoms. The summed E-state index contributed by atoms with van der Waals surface area (Å²) < 4.78 is 34.2. The molecule has 2 aromatic carbocycles. The number of aliphatic carboxylic acids is 1. The number of amides is 1. The molecular weight excluding hydrogens is 586 g/mol. The van der Waals surface area contributed by atoms with Gasteiger partial charge in [0.15, 0.2) is 9.84 Å². The second-order valence-corrected chi connectivity index (χ2v) is 14.1. The Bertz CT molecular complexity index is 1690. The maximum Gasteiger partial charge on any atom is 0.306 e. The average molecular weight is 616 g/mol. The van der Waals surface area contributed by atoms with Crippen LogP contribution < -0.4 is 10.1 Å². The zero-order valence-electron chi connectivity index (χ0n) is 22.4. The Morgan fingerprint density at radius 3 is 2.46 bits per heavy atom. The van der Waals surface area contributed by atoms with Crippen molar-refractivity contribution in [1.29, 1.82) is 0 Å². The van der Waals surface area contributed by atoms with Crippen molar-refractivity contribution in [3.8, 4) is 5.75 Å². The third kappa shape index (κ3) is 6.58. The van der Waals surface area contributed by atoms with Crippen LogP contribution in [-0.4, -0.2) is 42.3 Å². The summed E-state index contributed by atoms with van der Waals surface area (Å²) >= 11 is 7.00. The van der Waals surface area contributed by atoms with E-state index in [1.165, 1.54) is 6.07 Å². The Hall–Kier alpha value is -3.41. The quantitative estimate of drug-likeness (QED) is 0.248. The lowest BCUT2D eigenvalue weighted by molar-refractivity contribution is -0.144. The van der Waals surface area contributed by atoms with E-state index in [-0.39, 0.29) is 27.7 Å². The molecule has 216 valence electrons. The molecule has 0 unspecified atom stereocenters. The average Bonchev–Trinajstić information content (AvgIpc) is 3.55. The number of nitrogens with zero attached hydrogens (tertiary/aromatic N) is 2. The molecule has 1 saturated carbocycles. The third-order valence-corrected chi connectivity index (χ3v) is 10.9. The number of hydrogen-bond donors (Lipinski definition) is 2. The van der Waals surface area contributed by atoms with E-state index in [1.807, 2.05) is 36.4 Å². The van der Waals surface area contributed by atoms with E-state index >= 15 is 0 Å². The highest BCUT2D eigenvalue weighted by atomic mass is 35.5. The number of sulfone groups is 1. The summed E-state index contributed by atoms with van der Waals surface area (Å²) in [7, 11) is -2.13. The van der Waals surface area contributed by atoms with Gasteiger partial charge in [0.25, 0.3) is 0 Å². The molecule has 9 nitrogen and oxygen atoms in total. The lowest BCUT2D eigenvalue weighted by Crippen LogP contribution is -2.34. The first-order valence-electron chi connectivity index (χ1n) is 13.2. The van der Waals surface area contributed by atoms with Gasteiger partial charge in [0.05, 0.1) is 40.5 Å². The number of ether oxygens (including phenoxy) is 1. The Balaban J connectivity index is 1.33. The molecule has 0 aliphatic heterocycles. The fourth-order valence-electron chi connectivity index (χ4n) is 5.33. The molecule has 2 heterocycles. The van der Waals surface area contributed by atoms with Crippen molar-refractivity contribution in [2.24, 2.45) is 11.8 Å². The van der Waals surface area contributed by atoms with Crippen molar-refractivity contribution in [1.82, 2.24) is 15.1 Å². The van der Waals surface area contributed by atoms with Gasteiger partial charge in [-0.2, -0.15) is 5.10 Å². The summed E-state index contributed by atoms with van der Waals surface area (Å²) in [6.45, 7) is 0.738. The third-order valence-electron chi connectivity index (χ3n) is 7.45. The van der Waals surface area contributed by atoms with Crippen LogP contribution >= 0.6 is 22.9 Å². The van der Waals surface area contributed by atoms with Gasteiger partial charge in [0.1, 0.15) is 15.7 Å². The molecule has 2 aromatic heterocycles. The number of carbonyl (C=O) groups is 2. The Morgan fingerprint density at radius 1 is 1.07 bits per heavy atom. The summed E-state index contributed by atoms with van der Waals surface area (Å²) in [5.74, 6) is -1.12. The maximum absolute atomic E-state index is 13.2. The fourth-order valence-corrected chi connectivity index (χ4v) is 8.18. The van der Waals surface area contributed by atoms with Crippen LogP contribution in [0.25, 0.3) is 10.9 Å². The summed E-state index contributed by atoms with van der Waals surface area (Å²) in [6, 6.07) is 16.4. The number of rotatable bonds is 10. The fraction of sp³-hybridized carbons (Fsp3) is 0.345. The second kappa shape index (κ2) is 12.2. The van der Waals surface area contributed by atoms with E-state index in [0.717, 1.165) is 28.0 Å². The highest BCUT2D eigenvalue weighted by Gasteiger charge is 2.29. The molecule has 0 radical (unpaired) electrons. The molecular formula is C29H30ClN3O6S2. The first-order chi connectivity index (χ1) is 19.6. The van der Waals surface area contributed by atoms with Crippen LogP contribution in [0.1, 0.15) is 42.5 Å². The van der Waals surface area contributed by atoms with Gasteiger partial charge in [-0.1, -0.05) is 41.9 Å². The highest BCUT2D eigenvalue weighted by Crippen LogP contribution is 2.34. The first-order valence-corrected chi connectivity index (χ1v) is 16.1. The van der Waals surface area contributed by atoms with Crippen molar-refractivity contribution in [2.75, 3.05) is 7.11 Å². The van der Waals surface area contributed by atoms with Crippen LogP contribution in [0.4, 0.5) is 0 Å². The number of nitrogens with one attached hydrogen (secondary N) is 1. The number of methoxy groups -OCH3 is 1. The number of halogens is 1. The summed E-state index contributed by atoms with van der Waals surface area (Å²) in [5.41, 5.74) is 2.99. The van der Waals surface area contributed by atoms with E-state index in [1.54, 1.807) is 23.9 Å². The maximum atomic E-state index is 13.2. The van der Waals surface area contributed by atoms with E-state index in [9.17, 15) is 23.1 Å². The number of fused-ring (bicyclic) bond motifs is 1. The smallest absolute Gasteiger partial charge is 0.306 e. The van der Waals surface area contributed by atoms with Crippen molar-refractivity contribution in [3.05, 3.63) is 75.8 Å². The van der Waals surface area contributed by atoms with E-state index in [0.29, 0.717) is 59.9 Å². The number of carboxylic acid groups (broad SMARTS) is 1. The van der Waals surface area contributed by atoms with Crippen molar-refractivity contribution in [3.63, 3.8) is 0 Å². The van der Waals surface area contributed by atoms with Crippen molar-refractivity contribution < 1.29 is 27.9 Å². The molecule has 1 aliphatic rings. The normalized spacial score (nSPS) is 17.4. The highest BCUT2D eigenvalue weighted by molar-refractivity contribution is 7.92. The Labute approximate surface area is 247 Å². The predicted octanol–water partition coefficient (Wildman–Crippen LogP) is 5.29. The van der Waals surface area contributed by atoms with E-state index in [4.69, 9.17) is 21.4 Å². The largest absolute Gasteiger partial charge is 0.496 e. The van der Waals surface area contributed by atoms with Crippen LogP contribution in [0.15, 0.2) is 58.8 Å². The number of carbonyl (C=O) groups excluding carboxylic acids is 1. The first kappa shape index (κ1) is 29.1. The van der Waals surface area contributed by atoms with Crippen LogP contribution in [0.2, 0.25) is 4.34 Å². The summed E-state index contributed by atoms with van der Waals surface area (Å²) in [4.78, 5) is 23.9. The number of aromatic nitrogens is 2. The molecule has 0 saturated heterocycles. The lowest BCUT2D eigenvalue weighted by atomic mass is 9.81. The SMILES string of the molecule is COc1cccc2c1c(CS(=O)(=O)c1ccc(Cl)s1)nn2Cc1cccc(CNC(=O)C2CCC(C(=O)O)CC2)c1. The number of carboxylic acids is 1. The zero-order valence-corrected chi connectivity index (χ0v) is 24.8. The second-order valence-electron chi connectivity index (χ2n) is 10.2. The molecule has 4 aromatic rings. The minimum Gasteiger partial charge on any atom is -0.496 e. The number of benzene rings is 2. The van der Waals surface area contributed by atoms with Gasteiger partial charge in [-0.3, -0.25) is 14.3 Å². The monoisotopic (exact) mass is 615 g/mol. The topological polar surface area (TPSA) is 128 Å². The van der Waals surface area contributed by atoms with Crippen LogP contribution in [0, 0.1) is 11.8 Å². The van der Waals surface area contributed by atoms with Crippen molar-refractivity contribution >= 4 is 55.6 Å². The van der Waals surface area contributed by atoms with Gasteiger partial charge in [0.2, 0.25) is 5.91 Å². The molecule has 0 bridgehead atoms. The van der Waals surface area contributed by atoms with Gasteiger partial charge in [-0.15, -0.1) is 11.3 Å². The molecule has 41 heavy (non-hydrogen) atoms. The molecule has 0 atom stereocenters. The molecule has 1 amide bonds. The summed E-state index contributed by atoms with van der Waals surface area (Å²) in [6.07, 6.45) is 2.21. The van der Waals surface area contributed by atoms with Gasteiger partial charge < -0.3 is 15.2 Å². The molecule has 1 aliphatic carbocycles. The lowest BCUT2D eigenvalue weighted by Gasteiger charge is -2.25. The Kier molecular flexibility index (Phi) is 8.67. The van der Waals surface area contributed by atoms with E-state index < -0.39 is 15.8 Å². The van der Waals surface area contributed by atoms with Gasteiger partial charge in [-0.05, 0) is 61.1 Å². The number of hydrogen-bond acceptors (Lipinski definition) is 7. The van der Waals surface area contributed by atoms with Gasteiger partial charge >= 0.3 is 5.97 Å². The van der Waals surface area contributed by atoms with Crippen LogP contribution in [0.5, 0.6) is 5.75 Å². The minimum atomic E-state index is -3.67. The van der Waals surface area contributed by atoms with Gasteiger partial charge in [0, 0.05) is 12.5 Å². The summed E-state index contributed by atoms with van der Waals surface area (Å²) in [5, 5.41) is 17.5. The zero-order chi connectivity index (χ0) is 29.1. The predicted molar refractivity (Wildman–Crippen MR) is 157 cm³/mol. The Morgan fingerprint density at radius 2 is 1.78 bits per heavy atom. The van der Waals surface area contributed by atoms with Crippen LogP contribution in [0.3, 0.4) is 0 Å². The van der Waals surface area contributed by atoms with Crippen LogP contribution in [-0.2, 0) is 38.3 Å². The standard InChI is InChI=1S/C29H30ClN3O6S2/c1-39-24-7-3-6-23-27(24)22(17-41(37,38)26-13-12-25(30)40-26)32-33(23)16-19-5-2-4-18(14-19)15-31-28(34)20-8-10-21(11-9-20)29(35)36/h2-7,12-14,20-21H,8-11,15-17H2,1H3,(H,31,34)(H,35,36). The minimum absolute atomic E-state index is 0.0534. The van der Waals surface area contributed by atoms with E-state index in [2.05, 4.69) is 5.32 Å². The van der Waals surface area contributed by atoms with Crippen molar-refractivity contribution in [2.45, 2.75) is 48.7 Å².